The molecule has 1 unspecified atom stereocenters. The second-order valence-corrected chi connectivity index (χ2v) is 13.9. The molecule has 0 aliphatic heterocycles. The van der Waals surface area contributed by atoms with E-state index in [4.69, 9.17) is 41.9 Å². The van der Waals surface area contributed by atoms with Crippen LogP contribution >= 0.6 is 23.2 Å². The van der Waals surface area contributed by atoms with E-state index in [-0.39, 0.29) is 44.5 Å². The molecule has 13 nitrogen and oxygen atoms in total. The maximum atomic E-state index is 12.8. The number of nitro benzene ring substituents is 1. The minimum Gasteiger partial charge on any atom is -0.463 e. The third-order valence-corrected chi connectivity index (χ3v) is 8.82. The smallest absolute Gasteiger partial charge is 0.416 e. The van der Waals surface area contributed by atoms with Gasteiger partial charge in [0.1, 0.15) is 17.1 Å². The molecule has 1 aromatic heterocycles. The number of nitrogens with zero attached hydrogens (tertiary/aromatic N) is 2. The second-order valence-electron chi connectivity index (χ2n) is 11.1. The number of hydrogen-bond acceptors (Lipinski definition) is 12. The molecule has 4 aromatic rings. The first-order chi connectivity index (χ1) is 24.3. The van der Waals surface area contributed by atoms with Gasteiger partial charge in [-0.15, -0.1) is 0 Å². The van der Waals surface area contributed by atoms with Crippen LogP contribution < -0.4 is 4.74 Å². The van der Waals surface area contributed by atoms with E-state index in [1.807, 2.05) is 0 Å². The molecule has 0 bridgehead atoms. The maximum absolute atomic E-state index is 12.8. The van der Waals surface area contributed by atoms with E-state index in [1.54, 1.807) is 6.92 Å². The second kappa shape index (κ2) is 16.1. The Morgan fingerprint density at radius 2 is 1.73 bits per heavy atom. The molecular formula is C33H27Cl2F3N2O11S. The van der Waals surface area contributed by atoms with Crippen LogP contribution in [-0.2, 0) is 30.3 Å². The molecule has 0 radical (unpaired) electrons. The van der Waals surface area contributed by atoms with Gasteiger partial charge in [-0.2, -0.15) is 13.2 Å². The van der Waals surface area contributed by atoms with Crippen LogP contribution in [0, 0.1) is 10.1 Å². The van der Waals surface area contributed by atoms with Gasteiger partial charge >= 0.3 is 18.1 Å². The molecule has 1 saturated carbocycles. The third-order valence-electron chi connectivity index (χ3n) is 7.15. The molecule has 1 aliphatic rings. The van der Waals surface area contributed by atoms with Crippen LogP contribution in [0.1, 0.15) is 70.2 Å². The lowest BCUT2D eigenvalue weighted by molar-refractivity contribution is -0.385. The summed E-state index contributed by atoms with van der Waals surface area (Å²) >= 11 is 11.7. The van der Waals surface area contributed by atoms with Gasteiger partial charge in [0.25, 0.3) is 5.69 Å². The highest BCUT2D eigenvalue weighted by Crippen LogP contribution is 2.42. The fourth-order valence-corrected chi connectivity index (χ4v) is 5.87. The predicted molar refractivity (Wildman–Crippen MR) is 178 cm³/mol. The summed E-state index contributed by atoms with van der Waals surface area (Å²) in [7, 11) is -3.57. The van der Waals surface area contributed by atoms with Crippen molar-refractivity contribution in [3.05, 3.63) is 109 Å². The van der Waals surface area contributed by atoms with Crippen LogP contribution in [0.25, 0.3) is 0 Å². The van der Waals surface area contributed by atoms with E-state index in [2.05, 4.69) is 5.16 Å². The zero-order valence-corrected chi connectivity index (χ0v) is 29.6. The molecule has 52 heavy (non-hydrogen) atoms. The quantitative estimate of drug-likeness (QED) is 0.0619. The average molecular weight is 788 g/mol. The van der Waals surface area contributed by atoms with E-state index in [0.717, 1.165) is 49.4 Å². The van der Waals surface area contributed by atoms with Gasteiger partial charge in [-0.25, -0.2) is 18.0 Å². The first kappa shape index (κ1) is 39.8. The molecule has 276 valence electrons. The van der Waals surface area contributed by atoms with Gasteiger partial charge in [-0.1, -0.05) is 28.4 Å². The van der Waals surface area contributed by atoms with Crippen molar-refractivity contribution < 1.29 is 59.6 Å². The average Bonchev–Trinajstić information content (AvgIpc) is 3.80. The molecule has 1 aliphatic carbocycles. The molecule has 5 rings (SSSR count). The zero-order chi connectivity index (χ0) is 38.5. The zero-order valence-electron chi connectivity index (χ0n) is 27.2. The Labute approximate surface area is 303 Å². The lowest BCUT2D eigenvalue weighted by Crippen LogP contribution is -2.26. The van der Waals surface area contributed by atoms with Crippen molar-refractivity contribution >= 4 is 56.4 Å². The summed E-state index contributed by atoms with van der Waals surface area (Å²) in [5.74, 6) is -2.02. The van der Waals surface area contributed by atoms with Crippen molar-refractivity contribution in [3.63, 3.8) is 0 Å². The molecular weight excluding hydrogens is 760 g/mol. The highest BCUT2D eigenvalue weighted by molar-refractivity contribution is 7.90. The van der Waals surface area contributed by atoms with Crippen LogP contribution in [-0.4, -0.2) is 55.2 Å². The predicted octanol–water partition coefficient (Wildman–Crippen LogP) is 8.01. The Morgan fingerprint density at radius 1 is 1.04 bits per heavy atom. The van der Waals surface area contributed by atoms with E-state index >= 15 is 0 Å². The molecule has 0 amide bonds. The SMILES string of the molecule is CCOC(=O)C(C)OC(=O)c1cc(Oc2ccc(C(F)(F)F)cc2Cl)ccc1[N+](=O)[O-].CS(=O)(=O)c1cc(Cl)ccc1C(=O)c1cnoc1C1CC1. The monoisotopic (exact) mass is 786 g/mol. The third kappa shape index (κ3) is 9.86. The Morgan fingerprint density at radius 3 is 2.31 bits per heavy atom. The number of esters is 2. The number of halogens is 5. The van der Waals surface area contributed by atoms with Gasteiger partial charge in [-0.3, -0.25) is 14.9 Å². The summed E-state index contributed by atoms with van der Waals surface area (Å²) in [4.78, 5) is 46.9. The van der Waals surface area contributed by atoms with Crippen molar-refractivity contribution in [1.29, 1.82) is 0 Å². The van der Waals surface area contributed by atoms with Crippen LogP contribution in [0.4, 0.5) is 18.9 Å². The standard InChI is InChI=1S/C19H15ClF3NO7.C14H12ClNO4S/c1-3-29-17(25)10(2)30-18(26)13-9-12(5-6-15(13)24(27)28)31-16-7-4-11(8-14(16)20)19(21,22)23;1-21(18,19)12-6-9(15)4-5-10(12)13(17)11-7-16-20-14(11)8-2-3-8/h4-10H,3H2,1-2H3;4-8H,2-3H2,1H3. The maximum Gasteiger partial charge on any atom is 0.416 e. The molecule has 0 N–H and O–H groups in total. The summed E-state index contributed by atoms with van der Waals surface area (Å²) in [5, 5.41) is 14.8. The number of benzene rings is 3. The largest absolute Gasteiger partial charge is 0.463 e. The van der Waals surface area contributed by atoms with Gasteiger partial charge in [0, 0.05) is 34.9 Å². The first-order valence-corrected chi connectivity index (χ1v) is 17.7. The lowest BCUT2D eigenvalue weighted by Gasteiger charge is -2.13. The minimum absolute atomic E-state index is 0.0398. The molecule has 0 spiro atoms. The fourth-order valence-electron chi connectivity index (χ4n) is 4.51. The molecule has 1 fully saturated rings. The Bertz CT molecular complexity index is 2140. The fraction of sp³-hybridized carbons (Fsp3) is 0.273. The number of ketones is 1. The van der Waals surface area contributed by atoms with E-state index in [9.17, 15) is 46.1 Å². The Kier molecular flexibility index (Phi) is 12.3. The number of aromatic nitrogens is 1. The Hall–Kier alpha value is -5.00. The van der Waals surface area contributed by atoms with E-state index in [0.29, 0.717) is 17.4 Å². The number of rotatable bonds is 11. The Balaban J connectivity index is 0.000000249. The van der Waals surface area contributed by atoms with Crippen molar-refractivity contribution in [2.24, 2.45) is 0 Å². The van der Waals surface area contributed by atoms with Gasteiger partial charge in [0.2, 0.25) is 0 Å². The lowest BCUT2D eigenvalue weighted by atomic mass is 10.0. The normalized spacial score (nSPS) is 13.3. The van der Waals surface area contributed by atoms with Crippen molar-refractivity contribution in [2.45, 2.75) is 49.8 Å². The van der Waals surface area contributed by atoms with Gasteiger partial charge < -0.3 is 18.7 Å². The molecule has 0 saturated heterocycles. The van der Waals surface area contributed by atoms with E-state index in [1.165, 1.54) is 31.3 Å². The van der Waals surface area contributed by atoms with Gasteiger partial charge in [0.15, 0.2) is 27.5 Å². The van der Waals surface area contributed by atoms with Crippen LogP contribution in [0.15, 0.2) is 70.2 Å². The summed E-state index contributed by atoms with van der Waals surface area (Å²) in [6.07, 6.45) is -1.64. The van der Waals surface area contributed by atoms with Crippen LogP contribution in [0.2, 0.25) is 10.0 Å². The summed E-state index contributed by atoms with van der Waals surface area (Å²) in [6.45, 7) is 2.81. The molecule has 19 heteroatoms. The van der Waals surface area contributed by atoms with Crippen molar-refractivity contribution in [1.82, 2.24) is 5.16 Å². The molecule has 1 atom stereocenters. The number of sulfone groups is 1. The highest BCUT2D eigenvalue weighted by atomic mass is 35.5. The van der Waals surface area contributed by atoms with Gasteiger partial charge in [-0.05, 0) is 69.2 Å². The summed E-state index contributed by atoms with van der Waals surface area (Å²) in [6, 6.07) is 9.57. The number of carbonyl (C=O) groups excluding carboxylic acids is 3. The minimum atomic E-state index is -4.61. The number of alkyl halides is 3. The van der Waals surface area contributed by atoms with Gasteiger partial charge in [0.05, 0.1) is 38.8 Å². The number of ether oxygens (including phenoxy) is 3. The van der Waals surface area contributed by atoms with Crippen LogP contribution in [0.3, 0.4) is 0 Å². The van der Waals surface area contributed by atoms with E-state index < -0.39 is 61.6 Å². The highest BCUT2D eigenvalue weighted by Gasteiger charge is 2.34. The van der Waals surface area contributed by atoms with Crippen molar-refractivity contribution in [3.8, 4) is 11.5 Å². The molecule has 1 heterocycles. The first-order valence-electron chi connectivity index (χ1n) is 15.0. The topological polar surface area (TPSA) is 182 Å². The number of hydrogen-bond donors (Lipinski definition) is 0. The van der Waals surface area contributed by atoms with Crippen molar-refractivity contribution in [2.75, 3.05) is 12.9 Å². The molecule has 3 aromatic carbocycles. The van der Waals surface area contributed by atoms with Crippen LogP contribution in [0.5, 0.6) is 11.5 Å². The number of carbonyl (C=O) groups is 3. The summed E-state index contributed by atoms with van der Waals surface area (Å²) < 4.78 is 82.1. The number of nitro groups is 1. The summed E-state index contributed by atoms with van der Waals surface area (Å²) in [5.41, 5.74) is -1.75.